The van der Waals surface area contributed by atoms with Gasteiger partial charge < -0.3 is 4.42 Å². The van der Waals surface area contributed by atoms with Crippen molar-refractivity contribution in [3.63, 3.8) is 0 Å². The first-order valence-corrected chi connectivity index (χ1v) is 7.32. The number of fused-ring (bicyclic) bond motifs is 1. The van der Waals surface area contributed by atoms with Crippen LogP contribution in [0.2, 0.25) is 15.1 Å². The highest BCUT2D eigenvalue weighted by Crippen LogP contribution is 2.33. The number of benzene rings is 2. The standard InChI is InChI=1S/C15H11Cl3N2O/c16-9-2-4-13-8(5-9)6-14(21-13)15(20-19)11-3-1-10(17)7-12(11)18/h1-7,15,20H,19H2. The molecular formula is C15H11Cl3N2O. The Balaban J connectivity index is 2.09. The van der Waals surface area contributed by atoms with E-state index in [4.69, 9.17) is 45.1 Å². The predicted octanol–water partition coefficient (Wildman–Crippen LogP) is 4.95. The first-order chi connectivity index (χ1) is 10.1. The summed E-state index contributed by atoms with van der Waals surface area (Å²) < 4.78 is 5.82. The molecule has 3 rings (SSSR count). The van der Waals surface area contributed by atoms with Gasteiger partial charge >= 0.3 is 0 Å². The summed E-state index contributed by atoms with van der Waals surface area (Å²) in [5, 5.41) is 2.64. The lowest BCUT2D eigenvalue weighted by Gasteiger charge is -2.15. The van der Waals surface area contributed by atoms with E-state index in [0.29, 0.717) is 20.8 Å². The summed E-state index contributed by atoms with van der Waals surface area (Å²) in [4.78, 5) is 0. The molecule has 0 saturated heterocycles. The molecule has 1 atom stereocenters. The Morgan fingerprint density at radius 1 is 0.952 bits per heavy atom. The van der Waals surface area contributed by atoms with Gasteiger partial charge in [0.2, 0.25) is 0 Å². The number of hydrogen-bond acceptors (Lipinski definition) is 3. The van der Waals surface area contributed by atoms with Crippen LogP contribution in [0.1, 0.15) is 17.4 Å². The van der Waals surface area contributed by atoms with Crippen LogP contribution >= 0.6 is 34.8 Å². The molecule has 3 N–H and O–H groups in total. The Labute approximate surface area is 136 Å². The summed E-state index contributed by atoms with van der Waals surface area (Å²) in [6.45, 7) is 0. The largest absolute Gasteiger partial charge is 0.459 e. The highest BCUT2D eigenvalue weighted by molar-refractivity contribution is 6.35. The van der Waals surface area contributed by atoms with Gasteiger partial charge in [-0.2, -0.15) is 0 Å². The van der Waals surface area contributed by atoms with Crippen LogP contribution in [-0.2, 0) is 0 Å². The second kappa shape index (κ2) is 5.87. The van der Waals surface area contributed by atoms with Gasteiger partial charge in [0.15, 0.2) is 0 Å². The normalized spacial score (nSPS) is 12.8. The Hall–Kier alpha value is -1.23. The maximum atomic E-state index is 6.23. The van der Waals surface area contributed by atoms with Crippen LogP contribution in [0.4, 0.5) is 0 Å². The van der Waals surface area contributed by atoms with Crippen molar-refractivity contribution in [2.75, 3.05) is 0 Å². The fourth-order valence-electron chi connectivity index (χ4n) is 2.24. The van der Waals surface area contributed by atoms with E-state index in [0.717, 1.165) is 16.5 Å². The number of nitrogens with two attached hydrogens (primary N) is 1. The first-order valence-electron chi connectivity index (χ1n) is 6.18. The van der Waals surface area contributed by atoms with Gasteiger partial charge in [0, 0.05) is 20.5 Å². The van der Waals surface area contributed by atoms with Crippen molar-refractivity contribution >= 4 is 45.8 Å². The van der Waals surface area contributed by atoms with E-state index in [1.165, 1.54) is 0 Å². The number of hydrazine groups is 1. The van der Waals surface area contributed by atoms with E-state index >= 15 is 0 Å². The lowest BCUT2D eigenvalue weighted by atomic mass is 10.0. The molecule has 0 spiro atoms. The molecule has 108 valence electrons. The molecule has 0 radical (unpaired) electrons. The number of nitrogens with one attached hydrogen (secondary N) is 1. The summed E-state index contributed by atoms with van der Waals surface area (Å²) in [5.74, 6) is 6.32. The van der Waals surface area contributed by atoms with E-state index in [1.807, 2.05) is 24.3 Å². The Bertz CT molecular complexity index is 801. The van der Waals surface area contributed by atoms with Crippen molar-refractivity contribution in [2.45, 2.75) is 6.04 Å². The molecule has 0 fully saturated rings. The van der Waals surface area contributed by atoms with Crippen LogP contribution in [-0.4, -0.2) is 0 Å². The van der Waals surface area contributed by atoms with Crippen molar-refractivity contribution in [1.29, 1.82) is 0 Å². The maximum absolute atomic E-state index is 6.23. The Morgan fingerprint density at radius 3 is 2.38 bits per heavy atom. The molecule has 1 heterocycles. The van der Waals surface area contributed by atoms with Crippen molar-refractivity contribution < 1.29 is 4.42 Å². The van der Waals surface area contributed by atoms with Gasteiger partial charge in [-0.05, 0) is 42.0 Å². The smallest absolute Gasteiger partial charge is 0.134 e. The molecule has 0 aliphatic rings. The molecule has 1 aromatic heterocycles. The third-order valence-corrected chi connectivity index (χ3v) is 4.02. The maximum Gasteiger partial charge on any atom is 0.134 e. The molecule has 0 saturated carbocycles. The average Bonchev–Trinajstić information content (AvgIpc) is 2.84. The first kappa shape index (κ1) is 14.7. The van der Waals surface area contributed by atoms with E-state index in [2.05, 4.69) is 5.43 Å². The van der Waals surface area contributed by atoms with Crippen LogP contribution in [0, 0.1) is 0 Å². The molecule has 6 heteroatoms. The van der Waals surface area contributed by atoms with Crippen molar-refractivity contribution in [3.05, 3.63) is 68.9 Å². The fraction of sp³-hybridized carbons (Fsp3) is 0.0667. The second-order valence-electron chi connectivity index (χ2n) is 4.60. The summed E-state index contributed by atoms with van der Waals surface area (Å²) in [6, 6.07) is 12.2. The quantitative estimate of drug-likeness (QED) is 0.524. The molecule has 3 aromatic rings. The van der Waals surface area contributed by atoms with Gasteiger partial charge in [-0.25, -0.2) is 5.43 Å². The zero-order chi connectivity index (χ0) is 15.0. The van der Waals surface area contributed by atoms with Gasteiger partial charge in [0.05, 0.1) is 0 Å². The highest BCUT2D eigenvalue weighted by atomic mass is 35.5. The van der Waals surface area contributed by atoms with E-state index in [1.54, 1.807) is 18.2 Å². The molecule has 0 bridgehead atoms. The van der Waals surface area contributed by atoms with Crippen LogP contribution < -0.4 is 11.3 Å². The van der Waals surface area contributed by atoms with Gasteiger partial charge in [-0.3, -0.25) is 5.84 Å². The minimum Gasteiger partial charge on any atom is -0.459 e. The highest BCUT2D eigenvalue weighted by Gasteiger charge is 2.20. The third kappa shape index (κ3) is 2.89. The minimum atomic E-state index is -0.374. The second-order valence-corrected chi connectivity index (χ2v) is 5.88. The van der Waals surface area contributed by atoms with Crippen LogP contribution in [0.3, 0.4) is 0 Å². The topological polar surface area (TPSA) is 51.2 Å². The third-order valence-electron chi connectivity index (χ3n) is 3.22. The molecule has 1 unspecified atom stereocenters. The SMILES string of the molecule is NNC(c1cc2cc(Cl)ccc2o1)c1ccc(Cl)cc1Cl. The summed E-state index contributed by atoms with van der Waals surface area (Å²) in [5.41, 5.74) is 4.24. The summed E-state index contributed by atoms with van der Waals surface area (Å²) in [7, 11) is 0. The van der Waals surface area contributed by atoms with Crippen LogP contribution in [0.15, 0.2) is 46.9 Å². The lowest BCUT2D eigenvalue weighted by Crippen LogP contribution is -2.28. The number of halogens is 3. The summed E-state index contributed by atoms with van der Waals surface area (Å²) >= 11 is 18.1. The van der Waals surface area contributed by atoms with Crippen LogP contribution in [0.25, 0.3) is 11.0 Å². The average molecular weight is 342 g/mol. The molecule has 21 heavy (non-hydrogen) atoms. The van der Waals surface area contributed by atoms with E-state index in [-0.39, 0.29) is 6.04 Å². The van der Waals surface area contributed by atoms with E-state index in [9.17, 15) is 0 Å². The number of hydrogen-bond donors (Lipinski definition) is 2. The predicted molar refractivity (Wildman–Crippen MR) is 86.9 cm³/mol. The fourth-order valence-corrected chi connectivity index (χ4v) is 2.94. The van der Waals surface area contributed by atoms with Gasteiger partial charge in [0.1, 0.15) is 17.4 Å². The van der Waals surface area contributed by atoms with Crippen molar-refractivity contribution in [1.82, 2.24) is 5.43 Å². The molecule has 3 nitrogen and oxygen atoms in total. The summed E-state index contributed by atoms with van der Waals surface area (Å²) in [6.07, 6.45) is 0. The molecule has 2 aromatic carbocycles. The Morgan fingerprint density at radius 2 is 1.67 bits per heavy atom. The van der Waals surface area contributed by atoms with Crippen LogP contribution in [0.5, 0.6) is 0 Å². The van der Waals surface area contributed by atoms with Gasteiger partial charge in [-0.15, -0.1) is 0 Å². The zero-order valence-electron chi connectivity index (χ0n) is 10.7. The number of rotatable bonds is 3. The van der Waals surface area contributed by atoms with E-state index < -0.39 is 0 Å². The van der Waals surface area contributed by atoms with Crippen molar-refractivity contribution in [3.8, 4) is 0 Å². The van der Waals surface area contributed by atoms with Gasteiger partial charge in [0.25, 0.3) is 0 Å². The van der Waals surface area contributed by atoms with Crippen molar-refractivity contribution in [2.24, 2.45) is 5.84 Å². The zero-order valence-corrected chi connectivity index (χ0v) is 13.0. The monoisotopic (exact) mass is 340 g/mol. The molecular weight excluding hydrogens is 331 g/mol. The minimum absolute atomic E-state index is 0.374. The molecule has 0 amide bonds. The number of furan rings is 1. The molecule has 0 aliphatic carbocycles. The Kier molecular flexibility index (Phi) is 4.11. The molecule has 0 aliphatic heterocycles. The van der Waals surface area contributed by atoms with Gasteiger partial charge in [-0.1, -0.05) is 40.9 Å². The lowest BCUT2D eigenvalue weighted by molar-refractivity contribution is 0.477.